The Labute approximate surface area is 164 Å². The van der Waals surface area contributed by atoms with Crippen molar-refractivity contribution in [3.8, 4) is 6.07 Å². The van der Waals surface area contributed by atoms with Crippen molar-refractivity contribution in [3.63, 3.8) is 0 Å². The Bertz CT molecular complexity index is 944. The Hall–Kier alpha value is -3.46. The average Bonchev–Trinajstić information content (AvgIpc) is 2.75. The van der Waals surface area contributed by atoms with Gasteiger partial charge in [0, 0.05) is 6.54 Å². The van der Waals surface area contributed by atoms with Gasteiger partial charge in [0.2, 0.25) is 0 Å². The second kappa shape index (κ2) is 9.47. The second-order valence-corrected chi connectivity index (χ2v) is 6.63. The quantitative estimate of drug-likeness (QED) is 0.751. The third-order valence-electron chi connectivity index (χ3n) is 4.63. The molecule has 1 heterocycles. The molecule has 142 valence electrons. The van der Waals surface area contributed by atoms with E-state index in [0.29, 0.717) is 17.8 Å². The first-order valence-electron chi connectivity index (χ1n) is 9.41. The highest BCUT2D eigenvalue weighted by Gasteiger charge is 2.14. The molecule has 0 unspecified atom stereocenters. The number of nitrogens with zero attached hydrogens (tertiary/aromatic N) is 2. The maximum absolute atomic E-state index is 12.5. The topological polar surface area (TPSA) is 94.9 Å². The van der Waals surface area contributed by atoms with Gasteiger partial charge in [-0.25, -0.2) is 4.98 Å². The molecule has 0 atom stereocenters. The first kappa shape index (κ1) is 19.3. The van der Waals surface area contributed by atoms with E-state index in [1.165, 1.54) is 24.5 Å². The number of anilines is 1. The largest absolute Gasteiger partial charge is 0.350 e. The Morgan fingerprint density at radius 1 is 1.04 bits per heavy atom. The molecule has 1 aromatic carbocycles. The highest BCUT2D eigenvalue weighted by atomic mass is 16.2. The van der Waals surface area contributed by atoms with Gasteiger partial charge in [-0.1, -0.05) is 29.8 Å². The van der Waals surface area contributed by atoms with E-state index in [9.17, 15) is 9.59 Å². The van der Waals surface area contributed by atoms with E-state index >= 15 is 0 Å². The van der Waals surface area contributed by atoms with Crippen LogP contribution in [0.1, 0.15) is 58.6 Å². The van der Waals surface area contributed by atoms with Crippen LogP contribution in [0.2, 0.25) is 0 Å². The minimum atomic E-state index is -0.468. The van der Waals surface area contributed by atoms with Gasteiger partial charge in [-0.15, -0.1) is 0 Å². The number of pyridine rings is 1. The molecule has 6 nitrogen and oxygen atoms in total. The van der Waals surface area contributed by atoms with Crippen LogP contribution in [0.4, 0.5) is 5.69 Å². The molecule has 0 spiro atoms. The Morgan fingerprint density at radius 3 is 2.57 bits per heavy atom. The number of aromatic nitrogens is 1. The van der Waals surface area contributed by atoms with E-state index in [1.807, 2.05) is 6.07 Å². The molecule has 0 radical (unpaired) electrons. The molecule has 3 rings (SSSR count). The zero-order valence-corrected chi connectivity index (χ0v) is 15.6. The highest BCUT2D eigenvalue weighted by molar-refractivity contribution is 6.04. The molecule has 2 N–H and O–H groups in total. The number of hydrogen-bond donors (Lipinski definition) is 2. The fourth-order valence-corrected chi connectivity index (χ4v) is 3.12. The molecule has 0 bridgehead atoms. The summed E-state index contributed by atoms with van der Waals surface area (Å²) in [5.74, 6) is -0.770. The molecule has 0 aliphatic heterocycles. The molecule has 0 saturated heterocycles. The number of amides is 2. The summed E-state index contributed by atoms with van der Waals surface area (Å²) in [6.07, 6.45) is 7.79. The van der Waals surface area contributed by atoms with Crippen molar-refractivity contribution in [2.75, 3.05) is 11.9 Å². The summed E-state index contributed by atoms with van der Waals surface area (Å²) < 4.78 is 0. The van der Waals surface area contributed by atoms with Gasteiger partial charge < -0.3 is 10.6 Å². The summed E-state index contributed by atoms with van der Waals surface area (Å²) >= 11 is 0. The van der Waals surface area contributed by atoms with Crippen LogP contribution in [0.5, 0.6) is 0 Å². The molecule has 2 amide bonds. The third kappa shape index (κ3) is 5.04. The van der Waals surface area contributed by atoms with Crippen molar-refractivity contribution >= 4 is 17.5 Å². The molecule has 2 aromatic rings. The summed E-state index contributed by atoms with van der Waals surface area (Å²) in [4.78, 5) is 29.0. The number of nitrogens with one attached hydrogen (secondary N) is 2. The molecule has 0 saturated carbocycles. The monoisotopic (exact) mass is 374 g/mol. The third-order valence-corrected chi connectivity index (χ3v) is 4.63. The van der Waals surface area contributed by atoms with E-state index in [-0.39, 0.29) is 17.3 Å². The van der Waals surface area contributed by atoms with E-state index in [2.05, 4.69) is 21.7 Å². The summed E-state index contributed by atoms with van der Waals surface area (Å²) in [5.41, 5.74) is 2.48. The van der Waals surface area contributed by atoms with Gasteiger partial charge in [0.1, 0.15) is 17.5 Å². The van der Waals surface area contributed by atoms with Gasteiger partial charge in [0.25, 0.3) is 11.8 Å². The maximum atomic E-state index is 12.5. The van der Waals surface area contributed by atoms with Crippen molar-refractivity contribution in [1.29, 1.82) is 5.26 Å². The Morgan fingerprint density at radius 2 is 1.82 bits per heavy atom. The van der Waals surface area contributed by atoms with Gasteiger partial charge in [-0.05, 0) is 56.4 Å². The lowest BCUT2D eigenvalue weighted by Crippen LogP contribution is -2.26. The Balaban J connectivity index is 1.61. The summed E-state index contributed by atoms with van der Waals surface area (Å²) in [5, 5.41) is 14.7. The standard InChI is InChI=1S/C22H22N4O2/c23-15-17-9-4-5-10-18(17)26-22(28)20-12-6-11-19(25-20)21(27)24-14-13-16-7-2-1-3-8-16/h4-7,9-12H,1-3,8,13-14H2,(H,24,27)(H,26,28). The zero-order valence-electron chi connectivity index (χ0n) is 15.6. The predicted octanol–water partition coefficient (Wildman–Crippen LogP) is 3.83. The number of carbonyl (C=O) groups excluding carboxylic acids is 2. The molecule has 28 heavy (non-hydrogen) atoms. The van der Waals surface area contributed by atoms with E-state index < -0.39 is 5.91 Å². The molecule has 1 aliphatic carbocycles. The number of allylic oxidation sites excluding steroid dienone is 1. The van der Waals surface area contributed by atoms with Crippen LogP contribution in [0.25, 0.3) is 0 Å². The lowest BCUT2D eigenvalue weighted by atomic mass is 9.97. The summed E-state index contributed by atoms with van der Waals surface area (Å²) in [6.45, 7) is 0.554. The minimum Gasteiger partial charge on any atom is -0.350 e. The lowest BCUT2D eigenvalue weighted by Gasteiger charge is -2.13. The van der Waals surface area contributed by atoms with Gasteiger partial charge in [-0.3, -0.25) is 9.59 Å². The minimum absolute atomic E-state index is 0.121. The summed E-state index contributed by atoms with van der Waals surface area (Å²) in [6, 6.07) is 13.5. The number of carbonyl (C=O) groups is 2. The van der Waals surface area contributed by atoms with E-state index in [4.69, 9.17) is 5.26 Å². The van der Waals surface area contributed by atoms with Gasteiger partial charge in [0.05, 0.1) is 11.3 Å². The van der Waals surface area contributed by atoms with Crippen molar-refractivity contribution < 1.29 is 9.59 Å². The van der Waals surface area contributed by atoms with Crippen LogP contribution in [0.15, 0.2) is 54.1 Å². The van der Waals surface area contributed by atoms with Crippen molar-refractivity contribution in [2.45, 2.75) is 32.1 Å². The normalized spacial score (nSPS) is 13.2. The fourth-order valence-electron chi connectivity index (χ4n) is 3.12. The molecule has 1 aromatic heterocycles. The first-order chi connectivity index (χ1) is 13.7. The van der Waals surface area contributed by atoms with E-state index in [1.54, 1.807) is 36.4 Å². The number of para-hydroxylation sites is 1. The van der Waals surface area contributed by atoms with E-state index in [0.717, 1.165) is 19.3 Å². The van der Waals surface area contributed by atoms with Crippen molar-refractivity contribution in [1.82, 2.24) is 10.3 Å². The van der Waals surface area contributed by atoms with Crippen molar-refractivity contribution in [2.24, 2.45) is 0 Å². The fraction of sp³-hybridized carbons (Fsp3) is 0.273. The SMILES string of the molecule is N#Cc1ccccc1NC(=O)c1cccc(C(=O)NCCC2=CCCCC2)n1. The maximum Gasteiger partial charge on any atom is 0.274 e. The van der Waals surface area contributed by atoms with Crippen LogP contribution in [0.3, 0.4) is 0 Å². The predicted molar refractivity (Wildman–Crippen MR) is 107 cm³/mol. The van der Waals surface area contributed by atoms with Crippen molar-refractivity contribution in [3.05, 3.63) is 71.1 Å². The number of benzene rings is 1. The summed E-state index contributed by atoms with van der Waals surface area (Å²) in [7, 11) is 0. The van der Waals surface area contributed by atoms with Gasteiger partial charge in [-0.2, -0.15) is 5.26 Å². The molecule has 1 aliphatic rings. The first-order valence-corrected chi connectivity index (χ1v) is 9.41. The van der Waals surface area contributed by atoms with Crippen LogP contribution in [-0.2, 0) is 0 Å². The lowest BCUT2D eigenvalue weighted by molar-refractivity contribution is 0.0949. The number of nitriles is 1. The number of rotatable bonds is 6. The molecular weight excluding hydrogens is 352 g/mol. The van der Waals surface area contributed by atoms with Gasteiger partial charge >= 0.3 is 0 Å². The van der Waals surface area contributed by atoms with Crippen LogP contribution in [0, 0.1) is 11.3 Å². The average molecular weight is 374 g/mol. The van der Waals surface area contributed by atoms with Crippen LogP contribution < -0.4 is 10.6 Å². The molecule has 6 heteroatoms. The number of hydrogen-bond acceptors (Lipinski definition) is 4. The van der Waals surface area contributed by atoms with Crippen LogP contribution >= 0.6 is 0 Å². The Kier molecular flexibility index (Phi) is 6.53. The zero-order chi connectivity index (χ0) is 19.8. The smallest absolute Gasteiger partial charge is 0.274 e. The van der Waals surface area contributed by atoms with Gasteiger partial charge in [0.15, 0.2) is 0 Å². The van der Waals surface area contributed by atoms with Crippen LogP contribution in [-0.4, -0.2) is 23.3 Å². The highest BCUT2D eigenvalue weighted by Crippen LogP contribution is 2.19. The molecule has 0 fully saturated rings. The second-order valence-electron chi connectivity index (χ2n) is 6.63. The molecular formula is C22H22N4O2.